The van der Waals surface area contributed by atoms with Gasteiger partial charge in [0, 0.05) is 0 Å². The van der Waals surface area contributed by atoms with Gasteiger partial charge in [-0.2, -0.15) is 0 Å². The molecule has 1 heteroatoms. The lowest BCUT2D eigenvalue weighted by Crippen LogP contribution is -1.98. The van der Waals surface area contributed by atoms with Crippen molar-refractivity contribution >= 4 is 0 Å². The van der Waals surface area contributed by atoms with E-state index in [1.165, 1.54) is 30.4 Å². The highest BCUT2D eigenvalue weighted by atomic mass is 16.5. The fourth-order valence-electron chi connectivity index (χ4n) is 2.02. The van der Waals surface area contributed by atoms with E-state index >= 15 is 0 Å². The molecule has 0 saturated carbocycles. The second-order valence-corrected chi connectivity index (χ2v) is 4.22. The van der Waals surface area contributed by atoms with Crippen LogP contribution in [0.4, 0.5) is 0 Å². The van der Waals surface area contributed by atoms with E-state index in [-0.39, 0.29) is 0 Å². The van der Waals surface area contributed by atoms with Crippen molar-refractivity contribution in [2.24, 2.45) is 0 Å². The third kappa shape index (κ3) is 7.17. The van der Waals surface area contributed by atoms with Crippen LogP contribution in [-0.2, 0) is 11.3 Å². The lowest BCUT2D eigenvalue weighted by Gasteiger charge is -2.06. The van der Waals surface area contributed by atoms with Gasteiger partial charge >= 0.3 is 0 Å². The fourth-order valence-corrected chi connectivity index (χ4v) is 2.02. The van der Waals surface area contributed by atoms with Crippen LogP contribution in [0.3, 0.4) is 0 Å². The molecule has 2 rings (SSSR count). The molecule has 0 aromatic heterocycles. The summed E-state index contributed by atoms with van der Waals surface area (Å²) >= 11 is 0. The zero-order chi connectivity index (χ0) is 14.5. The van der Waals surface area contributed by atoms with Gasteiger partial charge in [0.2, 0.25) is 0 Å². The molecular weight excluding hydrogens is 232 g/mol. The molecule has 0 saturated heterocycles. The molecule has 1 aromatic rings. The summed E-state index contributed by atoms with van der Waals surface area (Å²) in [5, 5.41) is 0. The Balaban J connectivity index is 0.000000741. The summed E-state index contributed by atoms with van der Waals surface area (Å²) in [7, 11) is 0. The van der Waals surface area contributed by atoms with Crippen molar-refractivity contribution in [3.05, 3.63) is 47.0 Å². The number of allylic oxidation sites excluding steroid dienone is 1. The molecular formula is C18H30O. The second-order valence-electron chi connectivity index (χ2n) is 4.22. The van der Waals surface area contributed by atoms with Crippen molar-refractivity contribution in [1.29, 1.82) is 0 Å². The normalized spacial score (nSPS) is 13.3. The van der Waals surface area contributed by atoms with Crippen LogP contribution in [0.25, 0.3) is 0 Å². The third-order valence-electron chi connectivity index (χ3n) is 3.02. The molecule has 0 atom stereocenters. The summed E-state index contributed by atoms with van der Waals surface area (Å²) in [6, 6.07) is 10.4. The van der Waals surface area contributed by atoms with Gasteiger partial charge in [-0.3, -0.25) is 0 Å². The summed E-state index contributed by atoms with van der Waals surface area (Å²) in [6.07, 6.45) is 3.82. The first-order chi connectivity index (χ1) is 9.36. The highest BCUT2D eigenvalue weighted by molar-refractivity contribution is 5.18. The molecule has 1 aliphatic rings. The molecule has 19 heavy (non-hydrogen) atoms. The predicted octanol–water partition coefficient (Wildman–Crippen LogP) is 5.76. The van der Waals surface area contributed by atoms with Crippen LogP contribution in [0.1, 0.15) is 59.4 Å². The summed E-state index contributed by atoms with van der Waals surface area (Å²) in [4.78, 5) is 0. The van der Waals surface area contributed by atoms with Crippen LogP contribution in [0.2, 0.25) is 0 Å². The first-order valence-electron chi connectivity index (χ1n) is 7.65. The number of rotatable bonds is 4. The van der Waals surface area contributed by atoms with Gasteiger partial charge in [-0.1, -0.05) is 63.6 Å². The maximum atomic E-state index is 5.72. The molecule has 108 valence electrons. The third-order valence-corrected chi connectivity index (χ3v) is 3.02. The Labute approximate surface area is 119 Å². The Kier molecular flexibility index (Phi) is 11.3. The molecule has 1 nitrogen and oxygen atoms in total. The fraction of sp³-hybridized carbons (Fsp3) is 0.556. The smallest absolute Gasteiger partial charge is 0.0721 e. The Bertz CT molecular complexity index is 338. The van der Waals surface area contributed by atoms with Crippen LogP contribution < -0.4 is 0 Å². The lowest BCUT2D eigenvalue weighted by molar-refractivity contribution is 0.141. The quantitative estimate of drug-likeness (QED) is 0.627. The Hall–Kier alpha value is -1.08. The second kappa shape index (κ2) is 12.0. The highest BCUT2D eigenvalue weighted by Crippen LogP contribution is 2.25. The number of hydrogen-bond donors (Lipinski definition) is 0. The van der Waals surface area contributed by atoms with Crippen molar-refractivity contribution in [1.82, 2.24) is 0 Å². The standard InChI is InChI=1S/C14H18O.2C2H6/c1-12-6-5-9-14(12)11-15-10-13-7-3-2-4-8-13;2*1-2/h2-4,7-8H,5-6,9-11H2,1H3;2*1-2H3. The van der Waals surface area contributed by atoms with Gasteiger partial charge in [-0.25, -0.2) is 0 Å². The summed E-state index contributed by atoms with van der Waals surface area (Å²) in [5.74, 6) is 0. The van der Waals surface area contributed by atoms with Gasteiger partial charge in [0.05, 0.1) is 13.2 Å². The molecule has 0 aliphatic heterocycles. The number of hydrogen-bond acceptors (Lipinski definition) is 1. The molecule has 0 heterocycles. The van der Waals surface area contributed by atoms with E-state index in [1.807, 2.05) is 33.8 Å². The Morgan fingerprint density at radius 3 is 2.05 bits per heavy atom. The number of ether oxygens (including phenoxy) is 1. The lowest BCUT2D eigenvalue weighted by atomic mass is 10.2. The first kappa shape index (κ1) is 17.9. The molecule has 0 amide bonds. The van der Waals surface area contributed by atoms with Crippen LogP contribution in [-0.4, -0.2) is 6.61 Å². The SMILES string of the molecule is CC.CC.CC1=C(COCc2ccccc2)CCC1. The molecule has 0 unspecified atom stereocenters. The van der Waals surface area contributed by atoms with Crippen LogP contribution >= 0.6 is 0 Å². The van der Waals surface area contributed by atoms with E-state index in [1.54, 1.807) is 5.57 Å². The summed E-state index contributed by atoms with van der Waals surface area (Å²) < 4.78 is 5.72. The van der Waals surface area contributed by atoms with Crippen molar-refractivity contribution in [2.75, 3.05) is 6.61 Å². The van der Waals surface area contributed by atoms with Gasteiger partial charge in [-0.05, 0) is 37.3 Å². The van der Waals surface area contributed by atoms with E-state index in [2.05, 4.69) is 31.2 Å². The van der Waals surface area contributed by atoms with Crippen molar-refractivity contribution < 1.29 is 4.74 Å². The Morgan fingerprint density at radius 1 is 0.895 bits per heavy atom. The van der Waals surface area contributed by atoms with E-state index in [9.17, 15) is 0 Å². The average molecular weight is 262 g/mol. The molecule has 1 aromatic carbocycles. The molecule has 0 bridgehead atoms. The van der Waals surface area contributed by atoms with Crippen molar-refractivity contribution in [2.45, 2.75) is 60.5 Å². The van der Waals surface area contributed by atoms with Crippen LogP contribution in [0.5, 0.6) is 0 Å². The summed E-state index contributed by atoms with van der Waals surface area (Å²) in [5.41, 5.74) is 4.32. The maximum absolute atomic E-state index is 5.72. The molecule has 0 N–H and O–H groups in total. The minimum absolute atomic E-state index is 0.734. The minimum Gasteiger partial charge on any atom is -0.372 e. The van der Waals surface area contributed by atoms with E-state index in [4.69, 9.17) is 4.74 Å². The Morgan fingerprint density at radius 2 is 1.53 bits per heavy atom. The predicted molar refractivity (Wildman–Crippen MR) is 85.3 cm³/mol. The van der Waals surface area contributed by atoms with E-state index in [0.29, 0.717) is 0 Å². The monoisotopic (exact) mass is 262 g/mol. The highest BCUT2D eigenvalue weighted by Gasteiger charge is 2.10. The van der Waals surface area contributed by atoms with Gasteiger partial charge in [0.25, 0.3) is 0 Å². The maximum Gasteiger partial charge on any atom is 0.0721 e. The molecule has 0 fully saturated rings. The van der Waals surface area contributed by atoms with Gasteiger partial charge in [0.15, 0.2) is 0 Å². The molecule has 0 spiro atoms. The van der Waals surface area contributed by atoms with Gasteiger partial charge < -0.3 is 4.74 Å². The molecule has 0 radical (unpaired) electrons. The zero-order valence-corrected chi connectivity index (χ0v) is 13.3. The first-order valence-corrected chi connectivity index (χ1v) is 7.65. The zero-order valence-electron chi connectivity index (χ0n) is 13.3. The largest absolute Gasteiger partial charge is 0.372 e. The van der Waals surface area contributed by atoms with Gasteiger partial charge in [0.1, 0.15) is 0 Å². The minimum atomic E-state index is 0.734. The van der Waals surface area contributed by atoms with E-state index in [0.717, 1.165) is 13.2 Å². The van der Waals surface area contributed by atoms with Crippen molar-refractivity contribution in [3.8, 4) is 0 Å². The average Bonchev–Trinajstić information content (AvgIpc) is 2.90. The summed E-state index contributed by atoms with van der Waals surface area (Å²) in [6.45, 7) is 11.8. The van der Waals surface area contributed by atoms with E-state index < -0.39 is 0 Å². The van der Waals surface area contributed by atoms with Crippen LogP contribution in [0, 0.1) is 0 Å². The number of benzene rings is 1. The molecule has 1 aliphatic carbocycles. The van der Waals surface area contributed by atoms with Crippen molar-refractivity contribution in [3.63, 3.8) is 0 Å². The van der Waals surface area contributed by atoms with Gasteiger partial charge in [-0.15, -0.1) is 0 Å². The topological polar surface area (TPSA) is 9.23 Å². The van der Waals surface area contributed by atoms with Crippen LogP contribution in [0.15, 0.2) is 41.5 Å².